The van der Waals surface area contributed by atoms with E-state index in [1.165, 1.54) is 0 Å². The second-order valence-electron chi connectivity index (χ2n) is 8.64. The molecule has 3 aromatic rings. The van der Waals surface area contributed by atoms with Crippen LogP contribution in [0.15, 0.2) is 42.6 Å². The number of rotatable bonds is 6. The van der Waals surface area contributed by atoms with E-state index in [0.29, 0.717) is 55.6 Å². The number of hydrogen-bond donors (Lipinski definition) is 3. The smallest absolute Gasteiger partial charge is 0.319 e. The van der Waals surface area contributed by atoms with E-state index in [1.807, 2.05) is 31.2 Å². The standard InChI is InChI=1S/C26H29N7O3/c1-2-28-26(35)30-18-5-3-17(4-6-18)25-31-21-8-9-27-16-20(21)23(32-25)24(34)22-15-19(7-10-29-22)33-11-13-36-14-12-33/h3-7,10,15,27H,2,8-9,11-14,16H2,1H3,(H2,28,30,35). The molecule has 2 aliphatic rings. The highest BCUT2D eigenvalue weighted by atomic mass is 16.5. The molecule has 186 valence electrons. The molecule has 2 aromatic heterocycles. The molecule has 36 heavy (non-hydrogen) atoms. The summed E-state index contributed by atoms with van der Waals surface area (Å²) in [4.78, 5) is 41.6. The van der Waals surface area contributed by atoms with E-state index in [2.05, 4.69) is 25.8 Å². The van der Waals surface area contributed by atoms with Gasteiger partial charge in [0.1, 0.15) is 11.4 Å². The third-order valence-corrected chi connectivity index (χ3v) is 6.24. The molecule has 5 rings (SSSR count). The van der Waals surface area contributed by atoms with E-state index in [1.54, 1.807) is 18.3 Å². The molecule has 0 radical (unpaired) electrons. The number of anilines is 2. The number of aromatic nitrogens is 3. The first-order valence-corrected chi connectivity index (χ1v) is 12.2. The highest BCUT2D eigenvalue weighted by Gasteiger charge is 2.25. The van der Waals surface area contributed by atoms with E-state index in [4.69, 9.17) is 14.7 Å². The Bertz CT molecular complexity index is 1260. The number of pyridine rings is 1. The molecule has 10 heteroatoms. The molecule has 4 heterocycles. The van der Waals surface area contributed by atoms with Gasteiger partial charge in [0, 0.05) is 67.8 Å². The van der Waals surface area contributed by atoms with Gasteiger partial charge in [0.15, 0.2) is 5.82 Å². The summed E-state index contributed by atoms with van der Waals surface area (Å²) in [6.45, 7) is 6.61. The maximum Gasteiger partial charge on any atom is 0.319 e. The number of fused-ring (bicyclic) bond motifs is 1. The number of amides is 2. The first-order valence-electron chi connectivity index (χ1n) is 12.2. The number of nitrogens with zero attached hydrogens (tertiary/aromatic N) is 4. The third kappa shape index (κ3) is 5.19. The van der Waals surface area contributed by atoms with Crippen molar-refractivity contribution < 1.29 is 14.3 Å². The van der Waals surface area contributed by atoms with Crippen molar-refractivity contribution in [2.45, 2.75) is 19.9 Å². The number of hydrogen-bond acceptors (Lipinski definition) is 8. The summed E-state index contributed by atoms with van der Waals surface area (Å²) in [7, 11) is 0. The Kier molecular flexibility index (Phi) is 7.15. The van der Waals surface area contributed by atoms with Crippen LogP contribution in [-0.4, -0.2) is 66.2 Å². The number of ether oxygens (including phenoxy) is 1. The average Bonchev–Trinajstić information content (AvgIpc) is 2.93. The molecular weight excluding hydrogens is 458 g/mol. The fourth-order valence-electron chi connectivity index (χ4n) is 4.38. The molecule has 0 bridgehead atoms. The summed E-state index contributed by atoms with van der Waals surface area (Å²) in [6.07, 6.45) is 2.38. The minimum atomic E-state index is -0.262. The van der Waals surface area contributed by atoms with Gasteiger partial charge in [-0.2, -0.15) is 0 Å². The Labute approximate surface area is 209 Å². The molecule has 0 atom stereocenters. The lowest BCUT2D eigenvalue weighted by molar-refractivity contribution is 0.102. The largest absolute Gasteiger partial charge is 0.378 e. The molecule has 10 nitrogen and oxygen atoms in total. The second-order valence-corrected chi connectivity index (χ2v) is 8.64. The van der Waals surface area contributed by atoms with Gasteiger partial charge in [-0.05, 0) is 43.3 Å². The predicted molar refractivity (Wildman–Crippen MR) is 136 cm³/mol. The number of benzene rings is 1. The van der Waals surface area contributed by atoms with Gasteiger partial charge < -0.3 is 25.6 Å². The van der Waals surface area contributed by atoms with Crippen LogP contribution in [0.4, 0.5) is 16.2 Å². The maximum absolute atomic E-state index is 13.7. The first-order chi connectivity index (χ1) is 17.6. The van der Waals surface area contributed by atoms with Crippen LogP contribution < -0.4 is 20.9 Å². The average molecular weight is 488 g/mol. The summed E-state index contributed by atoms with van der Waals surface area (Å²) in [5.41, 5.74) is 4.80. The Morgan fingerprint density at radius 3 is 2.69 bits per heavy atom. The zero-order chi connectivity index (χ0) is 24.9. The van der Waals surface area contributed by atoms with Crippen LogP contribution in [0.25, 0.3) is 11.4 Å². The van der Waals surface area contributed by atoms with Crippen molar-refractivity contribution in [3.8, 4) is 11.4 Å². The highest BCUT2D eigenvalue weighted by molar-refractivity contribution is 6.08. The maximum atomic E-state index is 13.7. The monoisotopic (exact) mass is 487 g/mol. The lowest BCUT2D eigenvalue weighted by atomic mass is 10.0. The molecule has 0 spiro atoms. The van der Waals surface area contributed by atoms with Crippen LogP contribution in [-0.2, 0) is 17.7 Å². The van der Waals surface area contributed by atoms with E-state index >= 15 is 0 Å². The minimum absolute atomic E-state index is 0.219. The number of ketones is 1. The van der Waals surface area contributed by atoms with E-state index in [-0.39, 0.29) is 11.8 Å². The normalized spacial score (nSPS) is 15.2. The van der Waals surface area contributed by atoms with Gasteiger partial charge >= 0.3 is 6.03 Å². The predicted octanol–water partition coefficient (Wildman–Crippen LogP) is 2.39. The fourth-order valence-corrected chi connectivity index (χ4v) is 4.38. The molecule has 3 N–H and O–H groups in total. The number of morpholine rings is 1. The Balaban J connectivity index is 1.46. The van der Waals surface area contributed by atoms with Crippen LogP contribution in [0.3, 0.4) is 0 Å². The third-order valence-electron chi connectivity index (χ3n) is 6.24. The van der Waals surface area contributed by atoms with Crippen LogP contribution in [0.5, 0.6) is 0 Å². The molecule has 0 unspecified atom stereocenters. The molecule has 2 aliphatic heterocycles. The van der Waals surface area contributed by atoms with Crippen LogP contribution in [0.2, 0.25) is 0 Å². The fraction of sp³-hybridized carbons (Fsp3) is 0.346. The van der Waals surface area contributed by atoms with Gasteiger partial charge in [-0.1, -0.05) is 0 Å². The lowest BCUT2D eigenvalue weighted by Gasteiger charge is -2.28. The Morgan fingerprint density at radius 1 is 1.11 bits per heavy atom. The number of carbonyl (C=O) groups is 2. The first kappa shape index (κ1) is 23.8. The van der Waals surface area contributed by atoms with Gasteiger partial charge in [-0.3, -0.25) is 9.78 Å². The minimum Gasteiger partial charge on any atom is -0.378 e. The van der Waals surface area contributed by atoms with Crippen molar-refractivity contribution in [3.05, 3.63) is 65.2 Å². The summed E-state index contributed by atoms with van der Waals surface area (Å²) in [5, 5.41) is 8.81. The van der Waals surface area contributed by atoms with Crippen molar-refractivity contribution in [1.82, 2.24) is 25.6 Å². The number of carbonyl (C=O) groups excluding carboxylic acids is 2. The Hall–Kier alpha value is -3.89. The summed E-state index contributed by atoms with van der Waals surface area (Å²) in [6, 6.07) is 10.8. The van der Waals surface area contributed by atoms with Crippen LogP contribution in [0, 0.1) is 0 Å². The Morgan fingerprint density at radius 2 is 1.92 bits per heavy atom. The van der Waals surface area contributed by atoms with Gasteiger partial charge in [0.25, 0.3) is 0 Å². The highest BCUT2D eigenvalue weighted by Crippen LogP contribution is 2.25. The van der Waals surface area contributed by atoms with E-state index in [0.717, 1.165) is 42.1 Å². The molecule has 2 amide bonds. The summed E-state index contributed by atoms with van der Waals surface area (Å²) in [5.74, 6) is 0.260. The number of urea groups is 1. The SMILES string of the molecule is CCNC(=O)Nc1ccc(-c2nc3c(c(C(=O)c4cc(N5CCOCC5)ccn4)n2)CNCC3)cc1. The quantitative estimate of drug-likeness (QED) is 0.453. The molecule has 0 saturated carbocycles. The van der Waals surface area contributed by atoms with E-state index < -0.39 is 0 Å². The van der Waals surface area contributed by atoms with Gasteiger partial charge in [-0.15, -0.1) is 0 Å². The number of nitrogens with one attached hydrogen (secondary N) is 3. The lowest BCUT2D eigenvalue weighted by Crippen LogP contribution is -2.36. The molecule has 1 fully saturated rings. The van der Waals surface area contributed by atoms with Crippen LogP contribution in [0.1, 0.15) is 34.4 Å². The zero-order valence-corrected chi connectivity index (χ0v) is 20.2. The molecular formula is C26H29N7O3. The topological polar surface area (TPSA) is 121 Å². The van der Waals surface area contributed by atoms with Crippen molar-refractivity contribution in [2.24, 2.45) is 0 Å². The van der Waals surface area contributed by atoms with Crippen LogP contribution >= 0.6 is 0 Å². The van der Waals surface area contributed by atoms with Crippen molar-refractivity contribution in [3.63, 3.8) is 0 Å². The summed E-state index contributed by atoms with van der Waals surface area (Å²) < 4.78 is 5.45. The molecule has 1 aromatic carbocycles. The van der Waals surface area contributed by atoms with Crippen molar-refractivity contribution in [2.75, 3.05) is 49.6 Å². The molecule has 1 saturated heterocycles. The zero-order valence-electron chi connectivity index (χ0n) is 20.2. The van der Waals surface area contributed by atoms with Crippen molar-refractivity contribution in [1.29, 1.82) is 0 Å². The second kappa shape index (κ2) is 10.8. The van der Waals surface area contributed by atoms with Gasteiger partial charge in [-0.25, -0.2) is 14.8 Å². The van der Waals surface area contributed by atoms with Gasteiger partial charge in [0.2, 0.25) is 5.78 Å². The summed E-state index contributed by atoms with van der Waals surface area (Å²) >= 11 is 0. The van der Waals surface area contributed by atoms with Crippen molar-refractivity contribution >= 4 is 23.2 Å². The van der Waals surface area contributed by atoms with E-state index in [9.17, 15) is 9.59 Å². The molecule has 0 aliphatic carbocycles. The van der Waals surface area contributed by atoms with Gasteiger partial charge in [0.05, 0.1) is 18.9 Å².